The quantitative estimate of drug-likeness (QED) is 0.821. The van der Waals surface area contributed by atoms with Crippen molar-refractivity contribution in [3.63, 3.8) is 0 Å². The van der Waals surface area contributed by atoms with E-state index in [9.17, 15) is 13.2 Å². The van der Waals surface area contributed by atoms with Crippen molar-refractivity contribution in [1.29, 1.82) is 0 Å². The van der Waals surface area contributed by atoms with Gasteiger partial charge >= 0.3 is 5.97 Å². The molecule has 118 valence electrons. The van der Waals surface area contributed by atoms with E-state index in [2.05, 4.69) is 4.74 Å². The fourth-order valence-corrected chi connectivity index (χ4v) is 4.51. The Morgan fingerprint density at radius 3 is 2.62 bits per heavy atom. The largest absolute Gasteiger partial charge is 0.465 e. The van der Waals surface area contributed by atoms with Crippen molar-refractivity contribution < 1.29 is 27.5 Å². The van der Waals surface area contributed by atoms with Gasteiger partial charge in [-0.1, -0.05) is 0 Å². The molecule has 0 amide bonds. The first-order valence-electron chi connectivity index (χ1n) is 6.62. The van der Waals surface area contributed by atoms with Crippen molar-refractivity contribution in [2.75, 3.05) is 26.8 Å². The summed E-state index contributed by atoms with van der Waals surface area (Å²) in [7, 11) is -2.66. The third-order valence-electron chi connectivity index (χ3n) is 3.70. The topological polar surface area (TPSA) is 97.0 Å². The van der Waals surface area contributed by atoms with E-state index in [1.807, 2.05) is 0 Å². The van der Waals surface area contributed by atoms with Crippen LogP contribution < -0.4 is 0 Å². The molecule has 1 aliphatic heterocycles. The molecule has 0 aromatic carbocycles. The second-order valence-electron chi connectivity index (χ2n) is 5.11. The predicted octanol–water partition coefficient (Wildman–Crippen LogP) is 0.686. The van der Waals surface area contributed by atoms with Crippen LogP contribution in [-0.2, 0) is 14.8 Å². The van der Waals surface area contributed by atoms with Gasteiger partial charge in [-0.3, -0.25) is 0 Å². The van der Waals surface area contributed by atoms with Gasteiger partial charge in [-0.15, -0.1) is 0 Å². The van der Waals surface area contributed by atoms with Crippen LogP contribution in [0.3, 0.4) is 0 Å². The zero-order chi connectivity index (χ0) is 15.8. The molecule has 1 aromatic rings. The Balaban J connectivity index is 2.48. The molecule has 0 saturated carbocycles. The Labute approximate surface area is 123 Å². The van der Waals surface area contributed by atoms with Gasteiger partial charge in [-0.05, 0) is 26.2 Å². The second kappa shape index (κ2) is 5.78. The Bertz CT molecular complexity index is 648. The zero-order valence-electron chi connectivity index (χ0n) is 12.2. The lowest BCUT2D eigenvalue weighted by molar-refractivity contribution is 0.0594. The molecule has 0 spiro atoms. The molecule has 1 fully saturated rings. The maximum atomic E-state index is 12.7. The zero-order valence-corrected chi connectivity index (χ0v) is 13.1. The summed E-state index contributed by atoms with van der Waals surface area (Å²) in [5.74, 6) is -0.424. The van der Waals surface area contributed by atoms with Crippen LogP contribution >= 0.6 is 0 Å². The first-order chi connectivity index (χ1) is 9.82. The molecule has 0 aliphatic carbocycles. The van der Waals surface area contributed by atoms with E-state index >= 15 is 0 Å². The van der Waals surface area contributed by atoms with Crippen LogP contribution in [0.15, 0.2) is 9.31 Å². The number of esters is 1. The van der Waals surface area contributed by atoms with Crippen LogP contribution in [0.5, 0.6) is 0 Å². The fraction of sp³-hybridized carbons (Fsp3) is 0.615. The summed E-state index contributed by atoms with van der Waals surface area (Å²) in [5, 5.41) is 9.15. The number of methoxy groups -OCH3 is 1. The van der Waals surface area contributed by atoms with E-state index < -0.39 is 16.0 Å². The van der Waals surface area contributed by atoms with Gasteiger partial charge in [0.05, 0.1) is 7.11 Å². The van der Waals surface area contributed by atoms with Crippen LogP contribution in [-0.4, -0.2) is 50.6 Å². The molecule has 0 bridgehead atoms. The lowest BCUT2D eigenvalue weighted by atomic mass is 10.1. The first-order valence-corrected chi connectivity index (χ1v) is 8.06. The number of rotatable bonds is 4. The number of aliphatic hydroxyl groups excluding tert-OH is 1. The molecule has 1 saturated heterocycles. The van der Waals surface area contributed by atoms with Crippen LogP contribution in [0, 0.1) is 19.8 Å². The van der Waals surface area contributed by atoms with Gasteiger partial charge in [0, 0.05) is 19.7 Å². The summed E-state index contributed by atoms with van der Waals surface area (Å²) in [6.07, 6.45) is 0.596. The number of aliphatic hydroxyl groups is 1. The highest BCUT2D eigenvalue weighted by Gasteiger charge is 2.38. The number of aryl methyl sites for hydroxylation is 2. The molecule has 21 heavy (non-hydrogen) atoms. The third-order valence-corrected chi connectivity index (χ3v) is 5.72. The van der Waals surface area contributed by atoms with Crippen molar-refractivity contribution >= 4 is 16.0 Å². The normalized spacial score (nSPS) is 19.9. The molecule has 1 aliphatic rings. The Hall–Kier alpha value is -1.38. The number of carbonyl (C=O) groups excluding carboxylic acids is 1. The summed E-state index contributed by atoms with van der Waals surface area (Å²) in [6, 6.07) is 0. The number of carbonyl (C=O) groups is 1. The van der Waals surface area contributed by atoms with Gasteiger partial charge in [0.15, 0.2) is 0 Å². The standard InChI is InChI=1S/C13H19NO6S/c1-8-11(13(16)19-3)12(9(2)20-8)21(17,18)14-5-4-10(6-14)7-15/h10,15H,4-7H2,1-3H3. The molecule has 1 aromatic heterocycles. The van der Waals surface area contributed by atoms with Gasteiger partial charge < -0.3 is 14.3 Å². The first kappa shape index (κ1) is 16.0. The molecule has 0 radical (unpaired) electrons. The van der Waals surface area contributed by atoms with Crippen LogP contribution in [0.4, 0.5) is 0 Å². The predicted molar refractivity (Wildman–Crippen MR) is 73.5 cm³/mol. The maximum Gasteiger partial charge on any atom is 0.342 e. The molecule has 7 nitrogen and oxygen atoms in total. The van der Waals surface area contributed by atoms with E-state index in [1.54, 1.807) is 0 Å². The number of nitrogens with zero attached hydrogens (tertiary/aromatic N) is 1. The Morgan fingerprint density at radius 2 is 2.10 bits per heavy atom. The van der Waals surface area contributed by atoms with Gasteiger partial charge in [0.25, 0.3) is 0 Å². The van der Waals surface area contributed by atoms with Gasteiger partial charge in [-0.2, -0.15) is 4.31 Å². The summed E-state index contributed by atoms with van der Waals surface area (Å²) in [5.41, 5.74) is -0.0533. The lowest BCUT2D eigenvalue weighted by Gasteiger charge is -2.16. The minimum absolute atomic E-state index is 0.0533. The minimum Gasteiger partial charge on any atom is -0.465 e. The SMILES string of the molecule is COC(=O)c1c(C)oc(C)c1S(=O)(=O)N1CCC(CO)C1. The van der Waals surface area contributed by atoms with Gasteiger partial charge in [0.2, 0.25) is 10.0 Å². The van der Waals surface area contributed by atoms with E-state index in [-0.39, 0.29) is 41.0 Å². The van der Waals surface area contributed by atoms with Crippen molar-refractivity contribution in [1.82, 2.24) is 4.31 Å². The Morgan fingerprint density at radius 1 is 1.43 bits per heavy atom. The highest BCUT2D eigenvalue weighted by atomic mass is 32.2. The van der Waals surface area contributed by atoms with E-state index in [4.69, 9.17) is 9.52 Å². The summed E-state index contributed by atoms with van der Waals surface area (Å²) >= 11 is 0. The fourth-order valence-electron chi connectivity index (χ4n) is 2.61. The Kier molecular flexibility index (Phi) is 4.40. The van der Waals surface area contributed by atoms with E-state index in [1.165, 1.54) is 25.3 Å². The van der Waals surface area contributed by atoms with Crippen molar-refractivity contribution in [2.24, 2.45) is 5.92 Å². The lowest BCUT2D eigenvalue weighted by Crippen LogP contribution is -2.30. The molecular weight excluding hydrogens is 298 g/mol. The highest BCUT2D eigenvalue weighted by molar-refractivity contribution is 7.89. The van der Waals surface area contributed by atoms with Crippen LogP contribution in [0.1, 0.15) is 28.3 Å². The van der Waals surface area contributed by atoms with Gasteiger partial charge in [0.1, 0.15) is 22.0 Å². The number of hydrogen-bond donors (Lipinski definition) is 1. The highest BCUT2D eigenvalue weighted by Crippen LogP contribution is 2.32. The number of furan rings is 1. The van der Waals surface area contributed by atoms with Crippen molar-refractivity contribution in [3.05, 3.63) is 17.1 Å². The molecular formula is C13H19NO6S. The molecule has 8 heteroatoms. The summed E-state index contributed by atoms with van der Waals surface area (Å²) in [4.78, 5) is 11.7. The number of sulfonamides is 1. The minimum atomic E-state index is -3.85. The molecule has 2 heterocycles. The molecule has 2 rings (SSSR count). The van der Waals surface area contributed by atoms with Crippen LogP contribution in [0.25, 0.3) is 0 Å². The molecule has 1 N–H and O–H groups in total. The second-order valence-corrected chi connectivity index (χ2v) is 6.99. The van der Waals surface area contributed by atoms with Crippen molar-refractivity contribution in [2.45, 2.75) is 25.2 Å². The third kappa shape index (κ3) is 2.70. The molecule has 1 atom stereocenters. The number of hydrogen-bond acceptors (Lipinski definition) is 6. The average molecular weight is 317 g/mol. The monoisotopic (exact) mass is 317 g/mol. The average Bonchev–Trinajstić information content (AvgIpc) is 3.02. The summed E-state index contributed by atoms with van der Waals surface area (Å²) in [6.45, 7) is 3.53. The van der Waals surface area contributed by atoms with Crippen molar-refractivity contribution in [3.8, 4) is 0 Å². The molecule has 1 unspecified atom stereocenters. The smallest absolute Gasteiger partial charge is 0.342 e. The number of ether oxygens (including phenoxy) is 1. The summed E-state index contributed by atoms with van der Waals surface area (Å²) < 4.78 is 36.7. The van der Waals surface area contributed by atoms with E-state index in [0.717, 1.165) is 0 Å². The van der Waals surface area contributed by atoms with Gasteiger partial charge in [-0.25, -0.2) is 13.2 Å². The van der Waals surface area contributed by atoms with E-state index in [0.29, 0.717) is 13.0 Å². The van der Waals surface area contributed by atoms with Crippen LogP contribution in [0.2, 0.25) is 0 Å². The maximum absolute atomic E-state index is 12.7.